The summed E-state index contributed by atoms with van der Waals surface area (Å²) in [6.45, 7) is 2.81. The lowest BCUT2D eigenvalue weighted by molar-refractivity contribution is 0.700. The molecule has 1 aromatic heterocycles. The number of benzene rings is 1. The molecule has 98 valence electrons. The summed E-state index contributed by atoms with van der Waals surface area (Å²) in [6, 6.07) is 10.4. The molecular weight excluding hydrogens is 236 g/mol. The zero-order chi connectivity index (χ0) is 12.9. The normalized spacial score (nSPS) is 14.8. The van der Waals surface area contributed by atoms with Gasteiger partial charge in [-0.1, -0.05) is 24.3 Å². The molecule has 19 heavy (non-hydrogen) atoms. The maximum absolute atomic E-state index is 4.47. The fraction of sp³-hybridized carbons (Fsp3) is 0.333. The maximum atomic E-state index is 4.47. The van der Waals surface area contributed by atoms with Crippen molar-refractivity contribution >= 4 is 16.9 Å². The third kappa shape index (κ3) is 2.84. The minimum Gasteiger partial charge on any atom is -0.356 e. The molecule has 2 aromatic rings. The van der Waals surface area contributed by atoms with Gasteiger partial charge in [-0.15, -0.1) is 0 Å². The smallest absolute Gasteiger partial charge is 0.191 e. The molecule has 0 bridgehead atoms. The molecule has 4 heteroatoms. The first-order valence-electron chi connectivity index (χ1n) is 6.78. The number of pyridine rings is 1. The Bertz CT molecular complexity index is 586. The van der Waals surface area contributed by atoms with Gasteiger partial charge in [-0.2, -0.15) is 0 Å². The number of aliphatic imine (C=N–C) groups is 1. The second-order valence-corrected chi connectivity index (χ2v) is 4.68. The molecule has 0 spiro atoms. The zero-order valence-corrected chi connectivity index (χ0v) is 10.9. The Morgan fingerprint density at radius 3 is 3.05 bits per heavy atom. The van der Waals surface area contributed by atoms with Gasteiger partial charge in [-0.3, -0.25) is 9.98 Å². The van der Waals surface area contributed by atoms with E-state index in [1.54, 1.807) is 0 Å². The van der Waals surface area contributed by atoms with Crippen LogP contribution in [0.2, 0.25) is 0 Å². The first kappa shape index (κ1) is 12.0. The van der Waals surface area contributed by atoms with E-state index in [-0.39, 0.29) is 0 Å². The summed E-state index contributed by atoms with van der Waals surface area (Å²) in [5.74, 6) is 0.930. The summed E-state index contributed by atoms with van der Waals surface area (Å²) in [4.78, 5) is 8.87. The van der Waals surface area contributed by atoms with Gasteiger partial charge in [0.25, 0.3) is 0 Å². The third-order valence-electron chi connectivity index (χ3n) is 3.30. The second-order valence-electron chi connectivity index (χ2n) is 4.68. The Balaban J connectivity index is 1.66. The first-order chi connectivity index (χ1) is 9.43. The number of hydrogen-bond donors (Lipinski definition) is 2. The van der Waals surface area contributed by atoms with Crippen LogP contribution in [0, 0.1) is 0 Å². The van der Waals surface area contributed by atoms with Gasteiger partial charge in [0.05, 0.1) is 5.52 Å². The van der Waals surface area contributed by atoms with Crippen LogP contribution in [0.3, 0.4) is 0 Å². The molecule has 1 aliphatic rings. The second kappa shape index (κ2) is 5.69. The average Bonchev–Trinajstić information content (AvgIpc) is 2.49. The first-order valence-corrected chi connectivity index (χ1v) is 6.78. The summed E-state index contributed by atoms with van der Waals surface area (Å²) in [7, 11) is 0. The van der Waals surface area contributed by atoms with Crippen molar-refractivity contribution in [1.82, 2.24) is 15.6 Å². The van der Waals surface area contributed by atoms with E-state index in [1.807, 2.05) is 12.3 Å². The van der Waals surface area contributed by atoms with E-state index in [4.69, 9.17) is 0 Å². The third-order valence-corrected chi connectivity index (χ3v) is 3.30. The monoisotopic (exact) mass is 254 g/mol. The van der Waals surface area contributed by atoms with Crippen LogP contribution >= 0.6 is 0 Å². The fourth-order valence-corrected chi connectivity index (χ4v) is 2.34. The van der Waals surface area contributed by atoms with E-state index in [0.29, 0.717) is 0 Å². The topological polar surface area (TPSA) is 49.3 Å². The van der Waals surface area contributed by atoms with Crippen LogP contribution in [-0.4, -0.2) is 30.6 Å². The van der Waals surface area contributed by atoms with E-state index in [9.17, 15) is 0 Å². The number of nitrogens with one attached hydrogen (secondary N) is 2. The molecule has 2 heterocycles. The Kier molecular flexibility index (Phi) is 3.58. The molecule has 0 aliphatic carbocycles. The average molecular weight is 254 g/mol. The molecule has 3 rings (SSSR count). The van der Waals surface area contributed by atoms with Crippen molar-refractivity contribution in [3.05, 3.63) is 42.1 Å². The van der Waals surface area contributed by atoms with Crippen LogP contribution in [0.15, 0.2) is 41.5 Å². The van der Waals surface area contributed by atoms with Gasteiger partial charge in [-0.25, -0.2) is 0 Å². The van der Waals surface area contributed by atoms with E-state index in [1.165, 1.54) is 10.9 Å². The lowest BCUT2D eigenvalue weighted by atomic mass is 10.1. The molecule has 0 amide bonds. The van der Waals surface area contributed by atoms with E-state index in [2.05, 4.69) is 44.9 Å². The number of aromatic nitrogens is 1. The largest absolute Gasteiger partial charge is 0.356 e. The van der Waals surface area contributed by atoms with Crippen molar-refractivity contribution in [2.75, 3.05) is 19.6 Å². The molecule has 0 saturated heterocycles. The Labute approximate surface area is 113 Å². The lowest BCUT2D eigenvalue weighted by Crippen LogP contribution is -2.41. The van der Waals surface area contributed by atoms with Gasteiger partial charge >= 0.3 is 0 Å². The summed E-state index contributed by atoms with van der Waals surface area (Å²) < 4.78 is 0. The molecular formula is C15H18N4. The van der Waals surface area contributed by atoms with E-state index < -0.39 is 0 Å². The minimum atomic E-state index is 0.877. The van der Waals surface area contributed by atoms with Crippen molar-refractivity contribution in [3.8, 4) is 0 Å². The van der Waals surface area contributed by atoms with E-state index >= 15 is 0 Å². The van der Waals surface area contributed by atoms with Crippen LogP contribution in [0.5, 0.6) is 0 Å². The van der Waals surface area contributed by atoms with Gasteiger partial charge in [0.15, 0.2) is 5.96 Å². The molecule has 0 fully saturated rings. The minimum absolute atomic E-state index is 0.877. The highest BCUT2D eigenvalue weighted by Gasteiger charge is 2.04. The number of guanidine groups is 1. The lowest BCUT2D eigenvalue weighted by Gasteiger charge is -2.16. The van der Waals surface area contributed by atoms with Gasteiger partial charge in [0.2, 0.25) is 0 Å². The van der Waals surface area contributed by atoms with Gasteiger partial charge < -0.3 is 10.6 Å². The van der Waals surface area contributed by atoms with Crippen LogP contribution in [0.4, 0.5) is 0 Å². The highest BCUT2D eigenvalue weighted by molar-refractivity contribution is 5.82. The van der Waals surface area contributed by atoms with Crippen LogP contribution in [0.1, 0.15) is 12.0 Å². The van der Waals surface area contributed by atoms with E-state index in [0.717, 1.165) is 44.0 Å². The van der Waals surface area contributed by atoms with Crippen molar-refractivity contribution in [3.63, 3.8) is 0 Å². The summed E-state index contributed by atoms with van der Waals surface area (Å²) in [5, 5.41) is 7.81. The molecule has 0 saturated carbocycles. The standard InChI is InChI=1S/C15H18N4/c1-4-12-6-2-8-16-14(12)13(5-1)7-11-19-15-17-9-3-10-18-15/h1-2,4-6,8H,3,7,9-11H2,(H2,17,18,19). The Morgan fingerprint density at radius 2 is 2.16 bits per heavy atom. The van der Waals surface area contributed by atoms with Crippen molar-refractivity contribution < 1.29 is 0 Å². The Hall–Kier alpha value is -2.10. The molecule has 0 radical (unpaired) electrons. The van der Waals surface area contributed by atoms with Crippen LogP contribution in [0.25, 0.3) is 10.9 Å². The number of rotatable bonds is 3. The predicted octanol–water partition coefficient (Wildman–Crippen LogP) is 1.72. The van der Waals surface area contributed by atoms with Gasteiger partial charge in [0, 0.05) is 31.2 Å². The summed E-state index contributed by atoms with van der Waals surface area (Å²) in [6.07, 6.45) is 3.93. The highest BCUT2D eigenvalue weighted by atomic mass is 15.2. The van der Waals surface area contributed by atoms with Gasteiger partial charge in [0.1, 0.15) is 0 Å². The molecule has 0 unspecified atom stereocenters. The zero-order valence-electron chi connectivity index (χ0n) is 10.9. The predicted molar refractivity (Wildman–Crippen MR) is 78.4 cm³/mol. The number of fused-ring (bicyclic) bond motifs is 1. The van der Waals surface area contributed by atoms with Crippen LogP contribution in [-0.2, 0) is 6.42 Å². The number of para-hydroxylation sites is 1. The fourth-order valence-electron chi connectivity index (χ4n) is 2.34. The highest BCUT2D eigenvalue weighted by Crippen LogP contribution is 2.15. The van der Waals surface area contributed by atoms with Crippen molar-refractivity contribution in [1.29, 1.82) is 0 Å². The molecule has 0 atom stereocenters. The quantitative estimate of drug-likeness (QED) is 0.876. The SMILES string of the molecule is c1cnc2c(CCNC3=NCCCN3)cccc2c1. The van der Waals surface area contributed by atoms with Gasteiger partial charge in [-0.05, 0) is 24.5 Å². The van der Waals surface area contributed by atoms with Crippen molar-refractivity contribution in [2.45, 2.75) is 12.8 Å². The summed E-state index contributed by atoms with van der Waals surface area (Å²) >= 11 is 0. The van der Waals surface area contributed by atoms with Crippen molar-refractivity contribution in [2.24, 2.45) is 4.99 Å². The number of hydrogen-bond acceptors (Lipinski definition) is 4. The molecule has 1 aliphatic heterocycles. The summed E-state index contributed by atoms with van der Waals surface area (Å²) in [5.41, 5.74) is 2.38. The molecule has 4 nitrogen and oxygen atoms in total. The van der Waals surface area contributed by atoms with Crippen LogP contribution < -0.4 is 10.6 Å². The molecule has 2 N–H and O–H groups in total. The number of nitrogens with zero attached hydrogens (tertiary/aromatic N) is 2. The molecule has 1 aromatic carbocycles. The Morgan fingerprint density at radius 1 is 1.21 bits per heavy atom. The maximum Gasteiger partial charge on any atom is 0.191 e.